The van der Waals surface area contributed by atoms with Crippen LogP contribution in [0.4, 0.5) is 0 Å². The van der Waals surface area contributed by atoms with Crippen molar-refractivity contribution in [2.75, 3.05) is 26.7 Å². The lowest BCUT2D eigenvalue weighted by molar-refractivity contribution is 0.0324. The number of benzene rings is 1. The summed E-state index contributed by atoms with van der Waals surface area (Å²) in [6.45, 7) is 5.57. The molecule has 7 nitrogen and oxygen atoms in total. The van der Waals surface area contributed by atoms with Crippen molar-refractivity contribution in [1.29, 1.82) is 0 Å². The minimum Gasteiger partial charge on any atom is -0.472 e. The number of aliphatic hydroxyl groups is 1. The molecule has 7 heteroatoms. The molecule has 2 aromatic heterocycles. The third-order valence-corrected chi connectivity index (χ3v) is 6.54. The van der Waals surface area contributed by atoms with Gasteiger partial charge < -0.3 is 14.7 Å². The van der Waals surface area contributed by atoms with Gasteiger partial charge >= 0.3 is 0 Å². The number of ether oxygens (including phenoxy) is 1. The number of nitrogens with zero attached hydrogens (tertiary/aromatic N) is 4. The van der Waals surface area contributed by atoms with Crippen molar-refractivity contribution in [3.05, 3.63) is 89.4 Å². The average molecular weight is 499 g/mol. The highest BCUT2D eigenvalue weighted by molar-refractivity contribution is 5.97. The fourth-order valence-electron chi connectivity index (χ4n) is 4.37. The molecular formula is C30H34N4O3. The third-order valence-electron chi connectivity index (χ3n) is 6.54. The molecule has 0 unspecified atom stereocenters. The zero-order valence-electron chi connectivity index (χ0n) is 21.7. The Morgan fingerprint density at radius 1 is 1.19 bits per heavy atom. The highest BCUT2D eigenvalue weighted by Gasteiger charge is 2.34. The first-order chi connectivity index (χ1) is 17.9. The first-order valence-corrected chi connectivity index (χ1v) is 12.6. The van der Waals surface area contributed by atoms with Crippen molar-refractivity contribution in [3.8, 4) is 17.7 Å². The molecular weight excluding hydrogens is 464 g/mol. The topological polar surface area (TPSA) is 78.8 Å². The molecule has 3 heterocycles. The molecule has 0 fully saturated rings. The van der Waals surface area contributed by atoms with Crippen LogP contribution in [0.15, 0.2) is 67.0 Å². The fourth-order valence-corrected chi connectivity index (χ4v) is 4.37. The van der Waals surface area contributed by atoms with E-state index in [1.54, 1.807) is 23.4 Å². The molecule has 1 aliphatic heterocycles. The van der Waals surface area contributed by atoms with Gasteiger partial charge in [0, 0.05) is 49.9 Å². The van der Waals surface area contributed by atoms with E-state index in [0.717, 1.165) is 11.3 Å². The summed E-state index contributed by atoms with van der Waals surface area (Å²) in [5, 5.41) is 9.88. The molecule has 1 aliphatic rings. The molecule has 37 heavy (non-hydrogen) atoms. The van der Waals surface area contributed by atoms with Gasteiger partial charge in [0.2, 0.25) is 5.88 Å². The predicted octanol–water partition coefficient (Wildman–Crippen LogP) is 3.42. The maximum absolute atomic E-state index is 13.6. The quantitative estimate of drug-likeness (QED) is 0.503. The monoisotopic (exact) mass is 498 g/mol. The molecule has 0 radical (unpaired) electrons. The zero-order valence-corrected chi connectivity index (χ0v) is 21.7. The van der Waals surface area contributed by atoms with Crippen LogP contribution >= 0.6 is 0 Å². The van der Waals surface area contributed by atoms with Crippen molar-refractivity contribution in [3.63, 3.8) is 0 Å². The van der Waals surface area contributed by atoms with Gasteiger partial charge in [-0.15, -0.1) is 0 Å². The summed E-state index contributed by atoms with van der Waals surface area (Å²) in [5.41, 5.74) is 3.13. The summed E-state index contributed by atoms with van der Waals surface area (Å²) < 4.78 is 6.39. The number of aliphatic hydroxyl groups excluding tert-OH is 1. The van der Waals surface area contributed by atoms with Crippen LogP contribution in [0.1, 0.15) is 41.0 Å². The largest absolute Gasteiger partial charge is 0.472 e. The molecule has 1 amide bonds. The summed E-state index contributed by atoms with van der Waals surface area (Å²) in [6, 6.07) is 17.3. The van der Waals surface area contributed by atoms with Crippen molar-refractivity contribution < 1.29 is 14.6 Å². The Morgan fingerprint density at radius 2 is 1.97 bits per heavy atom. The number of carbonyl (C=O) groups excluding carboxylic acids is 1. The summed E-state index contributed by atoms with van der Waals surface area (Å²) in [5.74, 6) is 6.42. The Kier molecular flexibility index (Phi) is 8.89. The van der Waals surface area contributed by atoms with Gasteiger partial charge in [0.15, 0.2) is 0 Å². The van der Waals surface area contributed by atoms with Crippen LogP contribution in [-0.2, 0) is 13.0 Å². The van der Waals surface area contributed by atoms with Crippen LogP contribution in [0.5, 0.6) is 5.88 Å². The number of rotatable bonds is 7. The Hall–Kier alpha value is -3.73. The second-order valence-electron chi connectivity index (χ2n) is 9.68. The van der Waals surface area contributed by atoms with E-state index in [4.69, 9.17) is 4.74 Å². The van der Waals surface area contributed by atoms with E-state index < -0.39 is 0 Å². The number of hydrogen-bond donors (Lipinski definition) is 1. The minimum absolute atomic E-state index is 0.0180. The molecule has 0 saturated carbocycles. The van der Waals surface area contributed by atoms with Crippen LogP contribution in [-0.4, -0.2) is 69.7 Å². The van der Waals surface area contributed by atoms with Gasteiger partial charge in [0.1, 0.15) is 11.7 Å². The molecule has 0 bridgehead atoms. The summed E-state index contributed by atoms with van der Waals surface area (Å²) in [7, 11) is 2.03. The van der Waals surface area contributed by atoms with Crippen molar-refractivity contribution in [2.45, 2.75) is 39.0 Å². The van der Waals surface area contributed by atoms with Crippen LogP contribution < -0.4 is 4.74 Å². The smallest absolute Gasteiger partial charge is 0.259 e. The number of amides is 1. The molecule has 0 spiro atoms. The first kappa shape index (κ1) is 26.3. The third kappa shape index (κ3) is 6.94. The SMILES string of the molecule is C[C@H]1CN([C@@H](C)CO)C(=O)c2cc(C#CCc3ccccc3)cnc2O[C@H]1CN(C)Cc1ccccn1. The van der Waals surface area contributed by atoms with E-state index in [1.165, 1.54) is 0 Å². The molecule has 0 aliphatic carbocycles. The second kappa shape index (κ2) is 12.5. The van der Waals surface area contributed by atoms with Crippen LogP contribution in [0, 0.1) is 17.8 Å². The van der Waals surface area contributed by atoms with E-state index in [2.05, 4.69) is 33.6 Å². The average Bonchev–Trinajstić information content (AvgIpc) is 2.91. The summed E-state index contributed by atoms with van der Waals surface area (Å²) in [6.07, 6.45) is 3.85. The fraction of sp³-hybridized carbons (Fsp3) is 0.367. The van der Waals surface area contributed by atoms with Gasteiger partial charge in [-0.05, 0) is 37.7 Å². The van der Waals surface area contributed by atoms with Crippen LogP contribution in [0.3, 0.4) is 0 Å². The molecule has 4 rings (SSSR count). The van der Waals surface area contributed by atoms with E-state index in [1.807, 2.05) is 62.5 Å². The summed E-state index contributed by atoms with van der Waals surface area (Å²) >= 11 is 0. The first-order valence-electron chi connectivity index (χ1n) is 12.6. The van der Waals surface area contributed by atoms with Crippen LogP contribution in [0.25, 0.3) is 0 Å². The van der Waals surface area contributed by atoms with E-state index in [0.29, 0.717) is 43.1 Å². The lowest BCUT2D eigenvalue weighted by Gasteiger charge is -2.37. The number of fused-ring (bicyclic) bond motifs is 1. The highest BCUT2D eigenvalue weighted by atomic mass is 16.5. The molecule has 0 saturated heterocycles. The van der Waals surface area contributed by atoms with Gasteiger partial charge in [-0.3, -0.25) is 14.7 Å². The van der Waals surface area contributed by atoms with E-state index in [9.17, 15) is 9.90 Å². The van der Waals surface area contributed by atoms with Gasteiger partial charge in [0.25, 0.3) is 5.91 Å². The molecule has 1 aromatic carbocycles. The van der Waals surface area contributed by atoms with Gasteiger partial charge in [0.05, 0.1) is 18.3 Å². The Balaban J connectivity index is 1.59. The molecule has 3 aromatic rings. The molecule has 1 N–H and O–H groups in total. The van der Waals surface area contributed by atoms with E-state index >= 15 is 0 Å². The van der Waals surface area contributed by atoms with E-state index in [-0.39, 0.29) is 30.6 Å². The highest BCUT2D eigenvalue weighted by Crippen LogP contribution is 2.27. The number of carbonyl (C=O) groups is 1. The number of likely N-dealkylation sites (N-methyl/N-ethyl adjacent to an activating group) is 1. The second-order valence-corrected chi connectivity index (χ2v) is 9.68. The number of hydrogen-bond acceptors (Lipinski definition) is 6. The summed E-state index contributed by atoms with van der Waals surface area (Å²) in [4.78, 5) is 26.4. The standard InChI is InChI=1S/C30H34N4O3/c1-22-18-34(23(2)21-35)30(36)27-16-25(13-9-12-24-10-5-4-6-11-24)17-32-29(27)37-28(22)20-33(3)19-26-14-7-8-15-31-26/h4-8,10-11,14-17,22-23,28,35H,12,18-21H2,1-3H3/t22-,23-,28-/m0/s1. The van der Waals surface area contributed by atoms with Crippen molar-refractivity contribution in [2.24, 2.45) is 5.92 Å². The number of pyridine rings is 2. The Morgan fingerprint density at radius 3 is 2.70 bits per heavy atom. The minimum atomic E-state index is -0.333. The Labute approximate surface area is 219 Å². The van der Waals surface area contributed by atoms with Gasteiger partial charge in [-0.1, -0.05) is 55.2 Å². The van der Waals surface area contributed by atoms with Gasteiger partial charge in [-0.25, -0.2) is 4.98 Å². The predicted molar refractivity (Wildman–Crippen MR) is 143 cm³/mol. The molecule has 3 atom stereocenters. The van der Waals surface area contributed by atoms with Gasteiger partial charge in [-0.2, -0.15) is 0 Å². The normalized spacial score (nSPS) is 18.2. The molecule has 192 valence electrons. The maximum Gasteiger partial charge on any atom is 0.259 e. The Bertz CT molecular complexity index is 1240. The zero-order chi connectivity index (χ0) is 26.2. The maximum atomic E-state index is 13.6. The lowest BCUT2D eigenvalue weighted by atomic mass is 10.00. The van der Waals surface area contributed by atoms with Crippen molar-refractivity contribution in [1.82, 2.24) is 19.8 Å². The van der Waals surface area contributed by atoms with Crippen molar-refractivity contribution >= 4 is 5.91 Å². The lowest BCUT2D eigenvalue weighted by Crippen LogP contribution is -2.49. The number of aromatic nitrogens is 2. The van der Waals surface area contributed by atoms with Crippen LogP contribution in [0.2, 0.25) is 0 Å².